The number of aromatic nitrogens is 4. The summed E-state index contributed by atoms with van der Waals surface area (Å²) in [5.74, 6) is 0.371. The lowest BCUT2D eigenvalue weighted by atomic mass is 10.1. The molecule has 0 unspecified atom stereocenters. The molecule has 0 aliphatic carbocycles. The number of benzene rings is 2. The highest BCUT2D eigenvalue weighted by molar-refractivity contribution is 7.90. The van der Waals surface area contributed by atoms with Crippen LogP contribution in [0.1, 0.15) is 42.8 Å². The number of rotatable bonds is 9. The molecular formula is C24H32N6O2S. The van der Waals surface area contributed by atoms with Gasteiger partial charge in [-0.1, -0.05) is 61.4 Å². The standard InChI is InChI=1S/C24H32N6O2S/c1-3-7-23(29-16-14-28(15-17-29)18-21-8-5-4-6-9-21)24-25-26-27-30(24)19-33(31,32)22-12-10-20(2)11-13-22/h4-6,8-13,23H,3,7,14-19H2,1-2H3/t23-/m1/s1. The molecule has 0 bridgehead atoms. The summed E-state index contributed by atoms with van der Waals surface area (Å²) in [4.78, 5) is 5.14. The minimum atomic E-state index is -3.55. The van der Waals surface area contributed by atoms with Gasteiger partial charge in [-0.25, -0.2) is 13.1 Å². The summed E-state index contributed by atoms with van der Waals surface area (Å²) in [6.07, 6.45) is 1.84. The normalized spacial score (nSPS) is 16.7. The summed E-state index contributed by atoms with van der Waals surface area (Å²) in [6, 6.07) is 17.4. The molecule has 0 amide bonds. The summed E-state index contributed by atoms with van der Waals surface area (Å²) in [5.41, 5.74) is 2.34. The van der Waals surface area contributed by atoms with E-state index < -0.39 is 9.84 Å². The first kappa shape index (κ1) is 23.5. The number of sulfone groups is 1. The lowest BCUT2D eigenvalue weighted by Gasteiger charge is -2.38. The molecule has 4 rings (SSSR count). The van der Waals surface area contributed by atoms with Crippen molar-refractivity contribution in [3.05, 3.63) is 71.5 Å². The van der Waals surface area contributed by atoms with E-state index >= 15 is 0 Å². The largest absolute Gasteiger partial charge is 0.297 e. The van der Waals surface area contributed by atoms with E-state index in [1.54, 1.807) is 12.1 Å². The number of aryl methyl sites for hydroxylation is 1. The Morgan fingerprint density at radius 3 is 2.33 bits per heavy atom. The molecule has 176 valence electrons. The first-order valence-corrected chi connectivity index (χ1v) is 13.2. The fraction of sp³-hybridized carbons (Fsp3) is 0.458. The van der Waals surface area contributed by atoms with Crippen LogP contribution in [0.25, 0.3) is 0 Å². The topological polar surface area (TPSA) is 84.2 Å². The maximum atomic E-state index is 13.0. The summed E-state index contributed by atoms with van der Waals surface area (Å²) in [7, 11) is -3.55. The average molecular weight is 469 g/mol. The van der Waals surface area contributed by atoms with Crippen molar-refractivity contribution >= 4 is 9.84 Å². The van der Waals surface area contributed by atoms with Gasteiger partial charge in [0.05, 0.1) is 10.9 Å². The Hall–Kier alpha value is -2.62. The molecule has 1 saturated heterocycles. The van der Waals surface area contributed by atoms with E-state index in [0.717, 1.165) is 51.1 Å². The van der Waals surface area contributed by atoms with Gasteiger partial charge in [-0.15, -0.1) is 5.10 Å². The van der Waals surface area contributed by atoms with Crippen LogP contribution >= 0.6 is 0 Å². The molecule has 9 heteroatoms. The first-order chi connectivity index (χ1) is 16.0. The maximum absolute atomic E-state index is 13.0. The van der Waals surface area contributed by atoms with Crippen LogP contribution in [0.3, 0.4) is 0 Å². The van der Waals surface area contributed by atoms with Gasteiger partial charge in [-0.3, -0.25) is 9.80 Å². The Balaban J connectivity index is 1.46. The number of tetrazole rings is 1. The zero-order valence-corrected chi connectivity index (χ0v) is 20.2. The predicted molar refractivity (Wildman–Crippen MR) is 127 cm³/mol. The van der Waals surface area contributed by atoms with Gasteiger partial charge < -0.3 is 0 Å². The van der Waals surface area contributed by atoms with Crippen LogP contribution in [0.5, 0.6) is 0 Å². The Kier molecular flexibility index (Phi) is 7.52. The Morgan fingerprint density at radius 1 is 0.970 bits per heavy atom. The molecule has 0 spiro atoms. The van der Waals surface area contributed by atoms with Crippen LogP contribution in [0.15, 0.2) is 59.5 Å². The van der Waals surface area contributed by atoms with Crippen LogP contribution in [0, 0.1) is 6.92 Å². The molecule has 1 atom stereocenters. The molecule has 0 saturated carbocycles. The second-order valence-corrected chi connectivity index (χ2v) is 10.7. The van der Waals surface area contributed by atoms with Crippen LogP contribution in [0.4, 0.5) is 0 Å². The van der Waals surface area contributed by atoms with Crippen molar-refractivity contribution in [2.45, 2.75) is 50.0 Å². The van der Waals surface area contributed by atoms with Gasteiger partial charge in [-0.05, 0) is 41.5 Å². The van der Waals surface area contributed by atoms with Gasteiger partial charge in [0.25, 0.3) is 0 Å². The Morgan fingerprint density at radius 2 is 1.67 bits per heavy atom. The summed E-state index contributed by atoms with van der Waals surface area (Å²) in [5, 5.41) is 12.2. The monoisotopic (exact) mass is 468 g/mol. The summed E-state index contributed by atoms with van der Waals surface area (Å²) in [6.45, 7) is 8.72. The van der Waals surface area contributed by atoms with Crippen molar-refractivity contribution in [3.8, 4) is 0 Å². The highest BCUT2D eigenvalue weighted by atomic mass is 32.2. The minimum Gasteiger partial charge on any atom is -0.297 e. The molecule has 8 nitrogen and oxygen atoms in total. The first-order valence-electron chi connectivity index (χ1n) is 11.5. The lowest BCUT2D eigenvalue weighted by molar-refractivity contribution is 0.0822. The molecular weight excluding hydrogens is 436 g/mol. The van der Waals surface area contributed by atoms with Crippen LogP contribution < -0.4 is 0 Å². The fourth-order valence-corrected chi connectivity index (χ4v) is 5.55. The SMILES string of the molecule is CCC[C@H](c1nnnn1CS(=O)(=O)c1ccc(C)cc1)N1CCN(Cc2ccccc2)CC1. The van der Waals surface area contributed by atoms with Gasteiger partial charge in [0.15, 0.2) is 21.5 Å². The van der Waals surface area contributed by atoms with E-state index in [-0.39, 0.29) is 16.8 Å². The summed E-state index contributed by atoms with van der Waals surface area (Å²) < 4.78 is 27.5. The van der Waals surface area contributed by atoms with Gasteiger partial charge in [-0.2, -0.15) is 0 Å². The molecule has 1 fully saturated rings. The van der Waals surface area contributed by atoms with Crippen LogP contribution in [-0.2, 0) is 22.3 Å². The number of hydrogen-bond donors (Lipinski definition) is 0. The van der Waals surface area contributed by atoms with Crippen LogP contribution in [-0.4, -0.2) is 64.6 Å². The Labute approximate surface area is 196 Å². The molecule has 1 aliphatic rings. The third-order valence-corrected chi connectivity index (χ3v) is 7.76. The van der Waals surface area contributed by atoms with Crippen molar-refractivity contribution in [3.63, 3.8) is 0 Å². The fourth-order valence-electron chi connectivity index (χ4n) is 4.35. The Bertz CT molecular complexity index is 1120. The zero-order valence-electron chi connectivity index (χ0n) is 19.3. The minimum absolute atomic E-state index is 0.00269. The zero-order chi connectivity index (χ0) is 23.3. The molecule has 3 aromatic rings. The van der Waals surface area contributed by atoms with E-state index in [2.05, 4.69) is 56.5 Å². The van der Waals surface area contributed by atoms with E-state index in [1.807, 2.05) is 25.1 Å². The van der Waals surface area contributed by atoms with Crippen molar-refractivity contribution in [2.75, 3.05) is 26.2 Å². The molecule has 0 N–H and O–H groups in total. The molecule has 1 aromatic heterocycles. The number of piperazine rings is 1. The van der Waals surface area contributed by atoms with E-state index in [9.17, 15) is 8.42 Å². The van der Waals surface area contributed by atoms with Crippen LogP contribution in [0.2, 0.25) is 0 Å². The van der Waals surface area contributed by atoms with E-state index in [1.165, 1.54) is 10.2 Å². The second-order valence-electron chi connectivity index (χ2n) is 8.70. The molecule has 0 radical (unpaired) electrons. The van der Waals surface area contributed by atoms with E-state index in [4.69, 9.17) is 0 Å². The van der Waals surface area contributed by atoms with Crippen molar-refractivity contribution < 1.29 is 8.42 Å². The van der Waals surface area contributed by atoms with Crippen molar-refractivity contribution in [1.82, 2.24) is 30.0 Å². The second kappa shape index (κ2) is 10.5. The summed E-state index contributed by atoms with van der Waals surface area (Å²) >= 11 is 0. The third kappa shape index (κ3) is 5.85. The smallest absolute Gasteiger partial charge is 0.198 e. The quantitative estimate of drug-likeness (QED) is 0.477. The van der Waals surface area contributed by atoms with Gasteiger partial charge in [0.2, 0.25) is 0 Å². The number of nitrogens with zero attached hydrogens (tertiary/aromatic N) is 6. The van der Waals surface area contributed by atoms with E-state index in [0.29, 0.717) is 5.82 Å². The van der Waals surface area contributed by atoms with Crippen molar-refractivity contribution in [1.29, 1.82) is 0 Å². The van der Waals surface area contributed by atoms with Gasteiger partial charge in [0.1, 0.15) is 0 Å². The molecule has 2 aromatic carbocycles. The average Bonchev–Trinajstić information content (AvgIpc) is 3.26. The molecule has 33 heavy (non-hydrogen) atoms. The highest BCUT2D eigenvalue weighted by Crippen LogP contribution is 2.26. The highest BCUT2D eigenvalue weighted by Gasteiger charge is 2.30. The van der Waals surface area contributed by atoms with Gasteiger partial charge >= 0.3 is 0 Å². The van der Waals surface area contributed by atoms with Gasteiger partial charge in [0, 0.05) is 32.7 Å². The molecule has 1 aliphatic heterocycles. The molecule has 2 heterocycles. The predicted octanol–water partition coefficient (Wildman–Crippen LogP) is 3.07. The third-order valence-electron chi connectivity index (χ3n) is 6.19. The lowest BCUT2D eigenvalue weighted by Crippen LogP contribution is -2.47. The number of hydrogen-bond acceptors (Lipinski definition) is 7. The van der Waals surface area contributed by atoms with Crippen molar-refractivity contribution in [2.24, 2.45) is 0 Å². The maximum Gasteiger partial charge on any atom is 0.198 e.